The lowest BCUT2D eigenvalue weighted by Crippen LogP contribution is -2.29. The van der Waals surface area contributed by atoms with Gasteiger partial charge >= 0.3 is 0 Å². The standard InChI is InChI=1S/C21H20N4O2S/c1-24(12-10-15-7-5-6-11-22-15)20(26)18-14-28-21-23-17(13-25(18)21)16-8-3-4-9-19(16)27-2/h3-9,11,13-14H,10,12H2,1-2H3. The van der Waals surface area contributed by atoms with Crippen molar-refractivity contribution in [1.82, 2.24) is 19.3 Å². The highest BCUT2D eigenvalue weighted by molar-refractivity contribution is 7.15. The lowest BCUT2D eigenvalue weighted by atomic mass is 10.1. The average Bonchev–Trinajstić information content (AvgIpc) is 3.33. The zero-order chi connectivity index (χ0) is 19.5. The van der Waals surface area contributed by atoms with Gasteiger partial charge in [-0.25, -0.2) is 4.98 Å². The second-order valence-electron chi connectivity index (χ2n) is 6.40. The first-order chi connectivity index (χ1) is 13.7. The number of rotatable bonds is 6. The molecule has 4 rings (SSSR count). The Labute approximate surface area is 167 Å². The van der Waals surface area contributed by atoms with Crippen LogP contribution in [0.1, 0.15) is 16.2 Å². The number of hydrogen-bond acceptors (Lipinski definition) is 5. The SMILES string of the molecule is COc1ccccc1-c1cn2c(C(=O)N(C)CCc3ccccn3)csc2n1. The number of hydrogen-bond donors (Lipinski definition) is 0. The average molecular weight is 392 g/mol. The van der Waals surface area contributed by atoms with E-state index in [4.69, 9.17) is 4.74 Å². The van der Waals surface area contributed by atoms with Gasteiger partial charge in [0.05, 0.1) is 12.8 Å². The van der Waals surface area contributed by atoms with Crippen LogP contribution < -0.4 is 4.74 Å². The molecule has 0 aliphatic rings. The molecule has 0 saturated carbocycles. The number of aromatic nitrogens is 3. The Balaban J connectivity index is 1.57. The molecule has 0 aliphatic carbocycles. The Bertz CT molecular complexity index is 1100. The number of carbonyl (C=O) groups is 1. The lowest BCUT2D eigenvalue weighted by molar-refractivity contribution is 0.0790. The first-order valence-electron chi connectivity index (χ1n) is 8.92. The number of thiazole rings is 1. The largest absolute Gasteiger partial charge is 0.496 e. The van der Waals surface area contributed by atoms with E-state index >= 15 is 0 Å². The van der Waals surface area contributed by atoms with E-state index in [-0.39, 0.29) is 5.91 Å². The van der Waals surface area contributed by atoms with Crippen molar-refractivity contribution in [2.75, 3.05) is 20.7 Å². The Hall–Kier alpha value is -3.19. The molecule has 0 saturated heterocycles. The lowest BCUT2D eigenvalue weighted by Gasteiger charge is -2.16. The van der Waals surface area contributed by atoms with Crippen molar-refractivity contribution >= 4 is 22.2 Å². The van der Waals surface area contributed by atoms with Gasteiger partial charge in [-0.2, -0.15) is 0 Å². The van der Waals surface area contributed by atoms with Crippen LogP contribution in [0.3, 0.4) is 0 Å². The van der Waals surface area contributed by atoms with Gasteiger partial charge in [0.1, 0.15) is 11.4 Å². The van der Waals surface area contributed by atoms with E-state index in [0.717, 1.165) is 27.7 Å². The molecule has 1 amide bonds. The van der Waals surface area contributed by atoms with E-state index < -0.39 is 0 Å². The predicted octanol–water partition coefficient (Wildman–Crippen LogP) is 3.78. The van der Waals surface area contributed by atoms with Crippen molar-refractivity contribution in [2.45, 2.75) is 6.42 Å². The first-order valence-corrected chi connectivity index (χ1v) is 9.80. The second-order valence-corrected chi connectivity index (χ2v) is 7.23. The minimum Gasteiger partial charge on any atom is -0.496 e. The maximum absolute atomic E-state index is 12.9. The summed E-state index contributed by atoms with van der Waals surface area (Å²) in [6.07, 6.45) is 4.38. The Morgan fingerprint density at radius 1 is 1.21 bits per heavy atom. The molecule has 142 valence electrons. The van der Waals surface area contributed by atoms with Gasteiger partial charge in [-0.3, -0.25) is 14.2 Å². The summed E-state index contributed by atoms with van der Waals surface area (Å²) in [5, 5.41) is 1.86. The Kier molecular flexibility index (Phi) is 5.08. The summed E-state index contributed by atoms with van der Waals surface area (Å²) in [4.78, 5) is 24.4. The highest BCUT2D eigenvalue weighted by Gasteiger charge is 2.19. The molecule has 0 radical (unpaired) electrons. The number of nitrogens with zero attached hydrogens (tertiary/aromatic N) is 4. The zero-order valence-corrected chi connectivity index (χ0v) is 16.5. The summed E-state index contributed by atoms with van der Waals surface area (Å²) in [6.45, 7) is 0.598. The van der Waals surface area contributed by atoms with Crippen LogP contribution in [0.4, 0.5) is 0 Å². The third kappa shape index (κ3) is 3.48. The van der Waals surface area contributed by atoms with Crippen LogP contribution in [-0.4, -0.2) is 45.9 Å². The molecule has 3 heterocycles. The van der Waals surface area contributed by atoms with E-state index in [1.165, 1.54) is 11.3 Å². The Morgan fingerprint density at radius 2 is 2.04 bits per heavy atom. The van der Waals surface area contributed by atoms with E-state index in [9.17, 15) is 4.79 Å². The molecule has 0 atom stereocenters. The highest BCUT2D eigenvalue weighted by atomic mass is 32.1. The molecule has 0 unspecified atom stereocenters. The fourth-order valence-corrected chi connectivity index (χ4v) is 3.90. The summed E-state index contributed by atoms with van der Waals surface area (Å²) < 4.78 is 7.29. The number of para-hydroxylation sites is 1. The number of likely N-dealkylation sites (N-methyl/N-ethyl adjacent to an activating group) is 1. The van der Waals surface area contributed by atoms with Crippen molar-refractivity contribution in [3.63, 3.8) is 0 Å². The van der Waals surface area contributed by atoms with Gasteiger partial charge in [0.25, 0.3) is 5.91 Å². The first kappa shape index (κ1) is 18.2. The van der Waals surface area contributed by atoms with Crippen molar-refractivity contribution in [3.05, 3.63) is 71.6 Å². The summed E-state index contributed by atoms with van der Waals surface area (Å²) in [5.74, 6) is 0.722. The van der Waals surface area contributed by atoms with Crippen LogP contribution in [-0.2, 0) is 6.42 Å². The number of fused-ring (bicyclic) bond motifs is 1. The number of imidazole rings is 1. The van der Waals surface area contributed by atoms with Gasteiger partial charge in [-0.05, 0) is 24.3 Å². The molecule has 3 aromatic heterocycles. The fraction of sp³-hybridized carbons (Fsp3) is 0.190. The molecule has 0 N–H and O–H groups in total. The molecule has 4 aromatic rings. The maximum Gasteiger partial charge on any atom is 0.271 e. The molecule has 7 heteroatoms. The van der Waals surface area contributed by atoms with Gasteiger partial charge in [0.15, 0.2) is 4.96 Å². The van der Waals surface area contributed by atoms with Gasteiger partial charge in [-0.1, -0.05) is 18.2 Å². The van der Waals surface area contributed by atoms with E-state index in [0.29, 0.717) is 18.7 Å². The number of methoxy groups -OCH3 is 1. The molecule has 0 spiro atoms. The third-order valence-electron chi connectivity index (χ3n) is 4.59. The number of ether oxygens (including phenoxy) is 1. The predicted molar refractivity (Wildman–Crippen MR) is 110 cm³/mol. The minimum absolute atomic E-state index is 0.0360. The van der Waals surface area contributed by atoms with E-state index in [1.807, 2.05) is 65.5 Å². The monoisotopic (exact) mass is 392 g/mol. The van der Waals surface area contributed by atoms with Crippen molar-refractivity contribution < 1.29 is 9.53 Å². The topological polar surface area (TPSA) is 59.7 Å². The molecule has 28 heavy (non-hydrogen) atoms. The number of benzene rings is 1. The van der Waals surface area contributed by atoms with Gasteiger partial charge in [0, 0.05) is 49.0 Å². The van der Waals surface area contributed by atoms with Crippen LogP contribution >= 0.6 is 11.3 Å². The second kappa shape index (κ2) is 7.82. The van der Waals surface area contributed by atoms with Gasteiger partial charge in [0.2, 0.25) is 0 Å². The normalized spacial score (nSPS) is 10.9. The van der Waals surface area contributed by atoms with Gasteiger partial charge in [-0.15, -0.1) is 11.3 Å². The molecular formula is C21H20N4O2S. The maximum atomic E-state index is 12.9. The number of carbonyl (C=O) groups excluding carboxylic acids is 1. The number of pyridine rings is 1. The summed E-state index contributed by atoms with van der Waals surface area (Å²) in [7, 11) is 3.45. The van der Waals surface area contributed by atoms with Crippen LogP contribution in [0.15, 0.2) is 60.2 Å². The zero-order valence-electron chi connectivity index (χ0n) is 15.7. The molecular weight excluding hydrogens is 372 g/mol. The van der Waals surface area contributed by atoms with Crippen molar-refractivity contribution in [1.29, 1.82) is 0 Å². The molecule has 0 aliphatic heterocycles. The highest BCUT2D eigenvalue weighted by Crippen LogP contribution is 2.30. The van der Waals surface area contributed by atoms with Crippen LogP contribution in [0, 0.1) is 0 Å². The fourth-order valence-electron chi connectivity index (χ4n) is 3.05. The van der Waals surface area contributed by atoms with Gasteiger partial charge < -0.3 is 9.64 Å². The van der Waals surface area contributed by atoms with Crippen LogP contribution in [0.5, 0.6) is 5.75 Å². The summed E-state index contributed by atoms with van der Waals surface area (Å²) in [6, 6.07) is 13.5. The van der Waals surface area contributed by atoms with Crippen LogP contribution in [0.2, 0.25) is 0 Å². The molecule has 1 aromatic carbocycles. The van der Waals surface area contributed by atoms with E-state index in [1.54, 1.807) is 18.2 Å². The molecule has 0 bridgehead atoms. The smallest absolute Gasteiger partial charge is 0.271 e. The molecule has 0 fully saturated rings. The molecule has 6 nitrogen and oxygen atoms in total. The quantitative estimate of drug-likeness (QED) is 0.501. The number of amides is 1. The Morgan fingerprint density at radius 3 is 2.82 bits per heavy atom. The summed E-state index contributed by atoms with van der Waals surface area (Å²) >= 11 is 1.45. The van der Waals surface area contributed by atoms with E-state index in [2.05, 4.69) is 9.97 Å². The summed E-state index contributed by atoms with van der Waals surface area (Å²) in [5.41, 5.74) is 3.27. The van der Waals surface area contributed by atoms with Crippen molar-refractivity contribution in [3.8, 4) is 17.0 Å². The third-order valence-corrected chi connectivity index (χ3v) is 5.43. The van der Waals surface area contributed by atoms with Crippen molar-refractivity contribution in [2.24, 2.45) is 0 Å². The minimum atomic E-state index is -0.0360. The van der Waals surface area contributed by atoms with Crippen LogP contribution in [0.25, 0.3) is 16.2 Å².